The molecule has 0 bridgehead atoms. The van der Waals surface area contributed by atoms with Gasteiger partial charge in [-0.15, -0.1) is 0 Å². The zero-order valence-corrected chi connectivity index (χ0v) is 16.0. The Hall–Kier alpha value is -2.82. The van der Waals surface area contributed by atoms with Gasteiger partial charge in [0.1, 0.15) is 34.9 Å². The molecule has 0 aliphatic carbocycles. The number of benzene rings is 2. The highest BCUT2D eigenvalue weighted by molar-refractivity contribution is 5.62. The second kappa shape index (κ2) is 6.72. The molecule has 142 valence electrons. The lowest BCUT2D eigenvalue weighted by Crippen LogP contribution is -2.24. The van der Waals surface area contributed by atoms with Crippen molar-refractivity contribution in [2.45, 2.75) is 32.3 Å². The number of phenols is 1. The smallest absolute Gasteiger partial charge is 0.141 e. The zero-order valence-electron chi connectivity index (χ0n) is 16.0. The van der Waals surface area contributed by atoms with Crippen molar-refractivity contribution in [2.24, 2.45) is 0 Å². The van der Waals surface area contributed by atoms with Gasteiger partial charge < -0.3 is 24.1 Å². The first-order valence-corrected chi connectivity index (χ1v) is 9.07. The third-order valence-electron chi connectivity index (χ3n) is 5.22. The second-order valence-electron chi connectivity index (χ2n) is 7.16. The molecule has 0 amide bonds. The fraction of sp³-hybridized carbons (Fsp3) is 0.364. The first-order chi connectivity index (χ1) is 13.0. The highest BCUT2D eigenvalue weighted by atomic mass is 16.5. The maximum Gasteiger partial charge on any atom is 0.141 e. The molecule has 2 atom stereocenters. The maximum absolute atomic E-state index is 10.5. The molecule has 1 N–H and O–H groups in total. The van der Waals surface area contributed by atoms with Gasteiger partial charge in [0, 0.05) is 23.3 Å². The third kappa shape index (κ3) is 2.87. The van der Waals surface area contributed by atoms with Crippen molar-refractivity contribution >= 4 is 0 Å². The van der Waals surface area contributed by atoms with Crippen LogP contribution < -0.4 is 18.9 Å². The van der Waals surface area contributed by atoms with Crippen LogP contribution >= 0.6 is 0 Å². The van der Waals surface area contributed by atoms with Gasteiger partial charge in [-0.3, -0.25) is 0 Å². The Balaban J connectivity index is 1.81. The minimum atomic E-state index is -0.211. The molecule has 5 nitrogen and oxygen atoms in total. The lowest BCUT2D eigenvalue weighted by Gasteiger charge is -2.30. The van der Waals surface area contributed by atoms with E-state index in [0.717, 1.165) is 28.2 Å². The van der Waals surface area contributed by atoms with Crippen LogP contribution in [0, 0.1) is 0 Å². The molecule has 4 rings (SSSR count). The van der Waals surface area contributed by atoms with Crippen LogP contribution in [0.2, 0.25) is 0 Å². The van der Waals surface area contributed by atoms with Crippen molar-refractivity contribution in [3.05, 3.63) is 52.6 Å². The number of hydrogen-bond donors (Lipinski definition) is 1. The van der Waals surface area contributed by atoms with Crippen molar-refractivity contribution in [1.29, 1.82) is 0 Å². The van der Waals surface area contributed by atoms with Gasteiger partial charge in [-0.05, 0) is 26.3 Å². The van der Waals surface area contributed by atoms with Crippen LogP contribution in [0.5, 0.6) is 28.7 Å². The van der Waals surface area contributed by atoms with Gasteiger partial charge in [0.05, 0.1) is 32.3 Å². The molecule has 5 heteroatoms. The summed E-state index contributed by atoms with van der Waals surface area (Å²) in [5.74, 6) is 3.08. The Morgan fingerprint density at radius 2 is 2.00 bits per heavy atom. The van der Waals surface area contributed by atoms with Crippen molar-refractivity contribution in [3.63, 3.8) is 0 Å². The first kappa shape index (κ1) is 17.6. The van der Waals surface area contributed by atoms with E-state index in [-0.39, 0.29) is 17.8 Å². The SMILES string of the molecule is COc1ccc2c(c1)O[C@@H]1c3c(cc(O)c(CC=C(C)C)c3OC)OC[C@H]21. The number of aromatic hydroxyl groups is 1. The lowest BCUT2D eigenvalue weighted by atomic mass is 9.87. The molecule has 2 aliphatic heterocycles. The Morgan fingerprint density at radius 1 is 1.19 bits per heavy atom. The fourth-order valence-electron chi connectivity index (χ4n) is 3.85. The molecule has 2 aromatic carbocycles. The van der Waals surface area contributed by atoms with Crippen LogP contribution in [0.3, 0.4) is 0 Å². The Labute approximate surface area is 159 Å². The molecule has 2 aliphatic rings. The van der Waals surface area contributed by atoms with E-state index in [0.29, 0.717) is 24.5 Å². The summed E-state index contributed by atoms with van der Waals surface area (Å²) in [7, 11) is 3.26. The topological polar surface area (TPSA) is 57.2 Å². The average molecular weight is 368 g/mol. The van der Waals surface area contributed by atoms with Gasteiger partial charge in [0.15, 0.2) is 0 Å². The highest BCUT2D eigenvalue weighted by Crippen LogP contribution is 2.56. The molecule has 0 saturated heterocycles. The minimum absolute atomic E-state index is 0.0770. The fourth-order valence-corrected chi connectivity index (χ4v) is 3.85. The van der Waals surface area contributed by atoms with Crippen LogP contribution in [-0.2, 0) is 6.42 Å². The van der Waals surface area contributed by atoms with Crippen molar-refractivity contribution in [2.75, 3.05) is 20.8 Å². The van der Waals surface area contributed by atoms with E-state index in [2.05, 4.69) is 6.08 Å². The van der Waals surface area contributed by atoms with E-state index < -0.39 is 0 Å². The van der Waals surface area contributed by atoms with Gasteiger partial charge in [-0.2, -0.15) is 0 Å². The number of hydrogen-bond acceptors (Lipinski definition) is 5. The Bertz CT molecular complexity index is 911. The number of ether oxygens (including phenoxy) is 4. The largest absolute Gasteiger partial charge is 0.507 e. The van der Waals surface area contributed by atoms with Crippen LogP contribution in [0.1, 0.15) is 42.6 Å². The summed E-state index contributed by atoms with van der Waals surface area (Å²) in [6.45, 7) is 4.56. The zero-order chi connectivity index (χ0) is 19.1. The molecule has 0 spiro atoms. The molecular formula is C22H24O5. The Kier molecular flexibility index (Phi) is 4.38. The molecular weight excluding hydrogens is 344 g/mol. The summed E-state index contributed by atoms with van der Waals surface area (Å²) in [6, 6.07) is 7.55. The second-order valence-corrected chi connectivity index (χ2v) is 7.16. The summed E-state index contributed by atoms with van der Waals surface area (Å²) in [5, 5.41) is 10.5. The van der Waals surface area contributed by atoms with E-state index >= 15 is 0 Å². The molecule has 0 aromatic heterocycles. The average Bonchev–Trinajstić information content (AvgIpc) is 3.03. The molecule has 27 heavy (non-hydrogen) atoms. The summed E-state index contributed by atoms with van der Waals surface area (Å²) >= 11 is 0. The summed E-state index contributed by atoms with van der Waals surface area (Å²) in [6.07, 6.45) is 2.44. The summed E-state index contributed by atoms with van der Waals surface area (Å²) < 4.78 is 23.3. The number of allylic oxidation sites excluding steroid dienone is 2. The summed E-state index contributed by atoms with van der Waals surface area (Å²) in [4.78, 5) is 0. The lowest BCUT2D eigenvalue weighted by molar-refractivity contribution is 0.135. The van der Waals surface area contributed by atoms with Crippen molar-refractivity contribution < 1.29 is 24.1 Å². The summed E-state index contributed by atoms with van der Waals surface area (Å²) in [5.41, 5.74) is 3.89. The van der Waals surface area contributed by atoms with E-state index in [1.807, 2.05) is 32.0 Å². The highest BCUT2D eigenvalue weighted by Gasteiger charge is 2.43. The minimum Gasteiger partial charge on any atom is -0.507 e. The molecule has 2 aromatic rings. The monoisotopic (exact) mass is 368 g/mol. The van der Waals surface area contributed by atoms with Crippen molar-refractivity contribution in [3.8, 4) is 28.7 Å². The van der Waals surface area contributed by atoms with Crippen LogP contribution in [-0.4, -0.2) is 25.9 Å². The Morgan fingerprint density at radius 3 is 2.70 bits per heavy atom. The number of fused-ring (bicyclic) bond motifs is 5. The quantitative estimate of drug-likeness (QED) is 0.804. The maximum atomic E-state index is 10.5. The van der Waals surface area contributed by atoms with E-state index in [4.69, 9.17) is 18.9 Å². The number of phenolic OH excluding ortho intramolecular Hbond substituents is 1. The number of methoxy groups -OCH3 is 2. The van der Waals surface area contributed by atoms with Crippen molar-refractivity contribution in [1.82, 2.24) is 0 Å². The molecule has 0 unspecified atom stereocenters. The van der Waals surface area contributed by atoms with E-state index in [1.165, 1.54) is 5.57 Å². The van der Waals surface area contributed by atoms with Gasteiger partial charge in [-0.25, -0.2) is 0 Å². The molecule has 0 radical (unpaired) electrons. The van der Waals surface area contributed by atoms with Gasteiger partial charge in [0.2, 0.25) is 0 Å². The third-order valence-corrected chi connectivity index (χ3v) is 5.22. The van der Waals surface area contributed by atoms with Crippen LogP contribution in [0.15, 0.2) is 35.9 Å². The predicted molar refractivity (Wildman–Crippen MR) is 102 cm³/mol. The standard InChI is InChI=1S/C22H24O5/c1-12(2)5-7-15-17(23)10-19-20(21(15)25-4)22-16(11-26-19)14-8-6-13(24-3)9-18(14)27-22/h5-6,8-10,16,22-23H,7,11H2,1-4H3/t16-,22+/m1/s1. The van der Waals surface area contributed by atoms with Gasteiger partial charge in [-0.1, -0.05) is 17.7 Å². The molecule has 0 fully saturated rings. The first-order valence-electron chi connectivity index (χ1n) is 9.07. The molecule has 0 saturated carbocycles. The van der Waals surface area contributed by atoms with Gasteiger partial charge in [0.25, 0.3) is 0 Å². The van der Waals surface area contributed by atoms with Crippen LogP contribution in [0.4, 0.5) is 0 Å². The molecule has 2 heterocycles. The van der Waals surface area contributed by atoms with Gasteiger partial charge >= 0.3 is 0 Å². The van der Waals surface area contributed by atoms with Crippen LogP contribution in [0.25, 0.3) is 0 Å². The van der Waals surface area contributed by atoms with E-state index in [1.54, 1.807) is 20.3 Å². The predicted octanol–water partition coefficient (Wildman–Crippen LogP) is 4.53. The number of rotatable bonds is 4. The van der Waals surface area contributed by atoms with E-state index in [9.17, 15) is 5.11 Å². The normalized spacial score (nSPS) is 19.1.